The molecule has 0 aliphatic carbocycles. The van der Waals surface area contributed by atoms with Crippen LogP contribution in [0, 0.1) is 5.82 Å². The van der Waals surface area contributed by atoms with Crippen molar-refractivity contribution in [2.24, 2.45) is 0 Å². The van der Waals surface area contributed by atoms with E-state index in [2.05, 4.69) is 15.5 Å². The number of rotatable bonds is 8. The van der Waals surface area contributed by atoms with Crippen LogP contribution < -0.4 is 10.1 Å². The van der Waals surface area contributed by atoms with Crippen molar-refractivity contribution in [1.29, 1.82) is 0 Å². The Kier molecular flexibility index (Phi) is 6.94. The monoisotopic (exact) mass is 364 g/mol. The minimum atomic E-state index is -0.445. The van der Waals surface area contributed by atoms with Gasteiger partial charge in [-0.15, -0.1) is 0 Å². The highest BCUT2D eigenvalue weighted by molar-refractivity contribution is 5.73. The minimum absolute atomic E-state index is 0.183. The first kappa shape index (κ1) is 19.7. The zero-order valence-corrected chi connectivity index (χ0v) is 15.6. The highest BCUT2D eigenvalue weighted by Gasteiger charge is 2.12. The van der Waals surface area contributed by atoms with Crippen LogP contribution in [0.4, 0.5) is 9.18 Å². The topological polar surface area (TPSA) is 80.5 Å². The summed E-state index contributed by atoms with van der Waals surface area (Å²) in [5.74, 6) is 1.23. The molecule has 0 atom stereocenters. The van der Waals surface area contributed by atoms with Crippen LogP contribution in [0.2, 0.25) is 0 Å². The number of benzene rings is 1. The lowest BCUT2D eigenvalue weighted by atomic mass is 10.2. The number of carbonyl (C=O) groups excluding carboxylic acids is 1. The van der Waals surface area contributed by atoms with Crippen LogP contribution in [0.1, 0.15) is 43.5 Å². The average Bonchev–Trinajstić information content (AvgIpc) is 3.08. The number of ether oxygens (including phenoxy) is 1. The Morgan fingerprint density at radius 1 is 1.42 bits per heavy atom. The molecule has 2 amide bonds. The van der Waals surface area contributed by atoms with Crippen molar-refractivity contribution >= 4 is 6.03 Å². The number of nitrogens with zero attached hydrogens (tertiary/aromatic N) is 3. The summed E-state index contributed by atoms with van der Waals surface area (Å²) >= 11 is 0. The molecule has 2 rings (SSSR count). The maximum absolute atomic E-state index is 13.7. The molecule has 1 aromatic heterocycles. The van der Waals surface area contributed by atoms with E-state index in [1.54, 1.807) is 19.2 Å². The lowest BCUT2D eigenvalue weighted by molar-refractivity contribution is 0.206. The quantitative estimate of drug-likeness (QED) is 0.728. The SMILES string of the molecule is COc1ccc(CN(C)C(=O)NCCCc2nc(C(C)C)no2)cc1F. The maximum Gasteiger partial charge on any atom is 0.317 e. The van der Waals surface area contributed by atoms with Crippen molar-refractivity contribution in [3.05, 3.63) is 41.3 Å². The van der Waals surface area contributed by atoms with Crippen LogP contribution in [0.3, 0.4) is 0 Å². The Balaban J connectivity index is 1.73. The van der Waals surface area contributed by atoms with Gasteiger partial charge in [-0.1, -0.05) is 25.1 Å². The Morgan fingerprint density at radius 3 is 2.81 bits per heavy atom. The Morgan fingerprint density at radius 2 is 2.19 bits per heavy atom. The second kappa shape index (κ2) is 9.17. The number of aryl methyl sites for hydroxylation is 1. The Bertz CT molecular complexity index is 733. The number of aromatic nitrogens is 2. The first-order chi connectivity index (χ1) is 12.4. The van der Waals surface area contributed by atoms with Gasteiger partial charge in [0.05, 0.1) is 7.11 Å². The van der Waals surface area contributed by atoms with Crippen molar-refractivity contribution in [2.45, 2.75) is 39.2 Å². The summed E-state index contributed by atoms with van der Waals surface area (Å²) in [4.78, 5) is 17.9. The van der Waals surface area contributed by atoms with Crippen molar-refractivity contribution in [1.82, 2.24) is 20.4 Å². The molecule has 0 unspecified atom stereocenters. The molecule has 0 aliphatic heterocycles. The number of methoxy groups -OCH3 is 1. The van der Waals surface area contributed by atoms with E-state index < -0.39 is 5.82 Å². The standard InChI is InChI=1S/C18H25FN4O3/c1-12(2)17-21-16(26-22-17)6-5-9-20-18(24)23(3)11-13-7-8-15(25-4)14(19)10-13/h7-8,10,12H,5-6,9,11H2,1-4H3,(H,20,24). The van der Waals surface area contributed by atoms with Gasteiger partial charge in [0, 0.05) is 32.5 Å². The fourth-order valence-electron chi connectivity index (χ4n) is 2.33. The van der Waals surface area contributed by atoms with Crippen LogP contribution in [0.5, 0.6) is 5.75 Å². The van der Waals surface area contributed by atoms with Gasteiger partial charge in [-0.3, -0.25) is 0 Å². The second-order valence-corrected chi connectivity index (χ2v) is 6.36. The van der Waals surface area contributed by atoms with Crippen LogP contribution in [0.15, 0.2) is 22.7 Å². The third-order valence-electron chi connectivity index (χ3n) is 3.83. The van der Waals surface area contributed by atoms with Gasteiger partial charge in [0.1, 0.15) is 0 Å². The molecule has 0 saturated carbocycles. The maximum atomic E-state index is 13.7. The van der Waals surface area contributed by atoms with Gasteiger partial charge in [0.15, 0.2) is 17.4 Å². The Labute approximate surface area is 152 Å². The summed E-state index contributed by atoms with van der Waals surface area (Å²) < 4.78 is 23.7. The fraction of sp³-hybridized carbons (Fsp3) is 0.500. The van der Waals surface area contributed by atoms with E-state index in [0.717, 1.165) is 0 Å². The predicted molar refractivity (Wildman–Crippen MR) is 94.5 cm³/mol. The smallest absolute Gasteiger partial charge is 0.317 e. The normalized spacial score (nSPS) is 10.8. The van der Waals surface area contributed by atoms with Gasteiger partial charge in [-0.25, -0.2) is 9.18 Å². The molecule has 2 aromatic rings. The van der Waals surface area contributed by atoms with Crippen LogP contribution in [-0.4, -0.2) is 41.8 Å². The van der Waals surface area contributed by atoms with Gasteiger partial charge in [-0.05, 0) is 24.1 Å². The van der Waals surface area contributed by atoms with Crippen LogP contribution in [-0.2, 0) is 13.0 Å². The highest BCUT2D eigenvalue weighted by Crippen LogP contribution is 2.18. The summed E-state index contributed by atoms with van der Waals surface area (Å²) in [6.45, 7) is 4.78. The molecule has 26 heavy (non-hydrogen) atoms. The number of nitrogens with one attached hydrogen (secondary N) is 1. The van der Waals surface area contributed by atoms with Crippen molar-refractivity contribution < 1.29 is 18.4 Å². The fourth-order valence-corrected chi connectivity index (χ4v) is 2.33. The summed E-state index contributed by atoms with van der Waals surface area (Å²) in [6.07, 6.45) is 1.30. The van der Waals surface area contributed by atoms with E-state index in [1.807, 2.05) is 13.8 Å². The predicted octanol–water partition coefficient (Wildman–Crippen LogP) is 3.11. The summed E-state index contributed by atoms with van der Waals surface area (Å²) in [5, 5.41) is 6.72. The number of halogens is 1. The van der Waals surface area contributed by atoms with Gasteiger partial charge in [-0.2, -0.15) is 4.98 Å². The number of hydrogen-bond acceptors (Lipinski definition) is 5. The summed E-state index contributed by atoms with van der Waals surface area (Å²) in [5.41, 5.74) is 0.688. The van der Waals surface area contributed by atoms with Crippen molar-refractivity contribution in [2.75, 3.05) is 20.7 Å². The number of amides is 2. The third-order valence-corrected chi connectivity index (χ3v) is 3.83. The first-order valence-electron chi connectivity index (χ1n) is 8.54. The number of urea groups is 1. The van der Waals surface area contributed by atoms with Gasteiger partial charge >= 0.3 is 6.03 Å². The Hall–Kier alpha value is -2.64. The van der Waals surface area contributed by atoms with E-state index in [0.29, 0.717) is 43.2 Å². The average molecular weight is 364 g/mol. The van der Waals surface area contributed by atoms with Crippen molar-refractivity contribution in [3.63, 3.8) is 0 Å². The molecule has 0 fully saturated rings. The molecular formula is C18H25FN4O3. The molecule has 7 nitrogen and oxygen atoms in total. The number of hydrogen-bond donors (Lipinski definition) is 1. The van der Waals surface area contributed by atoms with E-state index in [4.69, 9.17) is 9.26 Å². The molecule has 142 valence electrons. The van der Waals surface area contributed by atoms with E-state index in [1.165, 1.54) is 18.1 Å². The highest BCUT2D eigenvalue weighted by atomic mass is 19.1. The summed E-state index contributed by atoms with van der Waals surface area (Å²) in [7, 11) is 3.07. The summed E-state index contributed by atoms with van der Waals surface area (Å²) in [6, 6.07) is 4.42. The molecule has 0 radical (unpaired) electrons. The molecule has 0 spiro atoms. The molecular weight excluding hydrogens is 339 g/mol. The van der Waals surface area contributed by atoms with Crippen LogP contribution >= 0.6 is 0 Å². The van der Waals surface area contributed by atoms with E-state index in [-0.39, 0.29) is 17.7 Å². The largest absolute Gasteiger partial charge is 0.494 e. The molecule has 1 heterocycles. The first-order valence-corrected chi connectivity index (χ1v) is 8.54. The van der Waals surface area contributed by atoms with Gasteiger partial charge in [0.2, 0.25) is 5.89 Å². The lowest BCUT2D eigenvalue weighted by Crippen LogP contribution is -2.37. The van der Waals surface area contributed by atoms with Gasteiger partial charge < -0.3 is 19.5 Å². The molecule has 0 saturated heterocycles. The van der Waals surface area contributed by atoms with Crippen LogP contribution in [0.25, 0.3) is 0 Å². The number of carbonyl (C=O) groups is 1. The molecule has 0 aliphatic rings. The zero-order valence-electron chi connectivity index (χ0n) is 15.6. The second-order valence-electron chi connectivity index (χ2n) is 6.36. The minimum Gasteiger partial charge on any atom is -0.494 e. The lowest BCUT2D eigenvalue weighted by Gasteiger charge is -2.18. The molecule has 1 N–H and O–H groups in total. The van der Waals surface area contributed by atoms with E-state index >= 15 is 0 Å². The third kappa shape index (κ3) is 5.44. The van der Waals surface area contributed by atoms with Gasteiger partial charge in [0.25, 0.3) is 0 Å². The van der Waals surface area contributed by atoms with Crippen molar-refractivity contribution in [3.8, 4) is 5.75 Å². The molecule has 1 aromatic carbocycles. The molecule has 8 heteroatoms. The zero-order chi connectivity index (χ0) is 19.1. The molecule has 0 bridgehead atoms. The van der Waals surface area contributed by atoms with E-state index in [9.17, 15) is 9.18 Å².